The number of hydrogen-bond donors (Lipinski definition) is 0. The summed E-state index contributed by atoms with van der Waals surface area (Å²) in [4.78, 5) is 11.3. The summed E-state index contributed by atoms with van der Waals surface area (Å²) in [5.74, 6) is -2.16. The highest BCUT2D eigenvalue weighted by Gasteiger charge is 2.41. The number of rotatable bonds is 4. The maximum absolute atomic E-state index is 14.4. The van der Waals surface area contributed by atoms with Crippen molar-refractivity contribution in [2.45, 2.75) is 25.8 Å². The minimum Gasteiger partial charge on any atom is -0.388 e. The van der Waals surface area contributed by atoms with Gasteiger partial charge >= 0.3 is 0 Å². The third-order valence-corrected chi connectivity index (χ3v) is 7.38. The van der Waals surface area contributed by atoms with E-state index in [1.807, 2.05) is 6.92 Å². The molecule has 0 spiro atoms. The Morgan fingerprint density at radius 3 is 2.52 bits per heavy atom. The zero-order valence-electron chi connectivity index (χ0n) is 17.6. The number of benzene rings is 1. The van der Waals surface area contributed by atoms with Crippen molar-refractivity contribution < 1.29 is 13.2 Å². The lowest BCUT2D eigenvalue weighted by Gasteiger charge is -2.39. The van der Waals surface area contributed by atoms with Crippen LogP contribution in [0.3, 0.4) is 0 Å². The van der Waals surface area contributed by atoms with Crippen LogP contribution in [0.2, 0.25) is 0 Å². The molecule has 3 atom stereocenters. The van der Waals surface area contributed by atoms with Crippen LogP contribution in [0.5, 0.6) is 0 Å². The molecule has 1 aliphatic carbocycles. The van der Waals surface area contributed by atoms with Gasteiger partial charge in [-0.15, -0.1) is 0 Å². The Balaban J connectivity index is 1.28. The zero-order chi connectivity index (χ0) is 22.7. The first-order valence-electron chi connectivity index (χ1n) is 10.7. The lowest BCUT2D eigenvalue weighted by atomic mass is 9.92. The van der Waals surface area contributed by atoms with Crippen molar-refractivity contribution in [1.29, 1.82) is 0 Å². The molecule has 1 saturated heterocycles. The van der Waals surface area contributed by atoms with Crippen LogP contribution in [0.1, 0.15) is 18.7 Å². The first-order valence-corrected chi connectivity index (χ1v) is 11.5. The van der Waals surface area contributed by atoms with Crippen LogP contribution in [-0.2, 0) is 0 Å². The van der Waals surface area contributed by atoms with Gasteiger partial charge in [-0.3, -0.25) is 9.61 Å². The number of hydrogen-bond acceptors (Lipinski definition) is 6. The molecule has 33 heavy (non-hydrogen) atoms. The Labute approximate surface area is 191 Å². The molecule has 0 radical (unpaired) electrons. The van der Waals surface area contributed by atoms with E-state index in [1.54, 1.807) is 18.3 Å². The van der Waals surface area contributed by atoms with Gasteiger partial charge in [-0.25, -0.2) is 18.2 Å². The minimum atomic E-state index is -1.51. The normalized spacial score (nSPS) is 22.3. The number of aromatic nitrogens is 5. The molecule has 2 aliphatic rings. The Kier molecular flexibility index (Phi) is 4.75. The SMILES string of the molecule is Cc1nsc(N2CC3CC[C@H](C2)C3[N-]c2nc3c(-c4ccc(F)c(F)c4F)cccn3n2)n1. The van der Waals surface area contributed by atoms with E-state index in [0.717, 1.165) is 43.0 Å². The number of aryl methyl sites for hydroxylation is 1. The summed E-state index contributed by atoms with van der Waals surface area (Å²) in [7, 11) is 0. The molecule has 0 amide bonds. The quantitative estimate of drug-likeness (QED) is 0.397. The van der Waals surface area contributed by atoms with E-state index in [9.17, 15) is 13.2 Å². The van der Waals surface area contributed by atoms with Crippen LogP contribution in [0.25, 0.3) is 22.1 Å². The van der Waals surface area contributed by atoms with Crippen molar-refractivity contribution in [3.63, 3.8) is 0 Å². The Morgan fingerprint density at radius 2 is 1.79 bits per heavy atom. The average molecular weight is 471 g/mol. The van der Waals surface area contributed by atoms with Crippen molar-refractivity contribution in [3.8, 4) is 11.1 Å². The topological polar surface area (TPSA) is 73.3 Å². The third-order valence-electron chi connectivity index (χ3n) is 6.51. The van der Waals surface area contributed by atoms with Gasteiger partial charge in [0.1, 0.15) is 5.82 Å². The van der Waals surface area contributed by atoms with Crippen molar-refractivity contribution >= 4 is 28.3 Å². The second-order valence-corrected chi connectivity index (χ2v) is 9.30. The van der Waals surface area contributed by atoms with Crippen LogP contribution in [0.4, 0.5) is 24.3 Å². The molecule has 6 rings (SSSR count). The Morgan fingerprint density at radius 1 is 1.00 bits per heavy atom. The number of fused-ring (bicyclic) bond motifs is 3. The van der Waals surface area contributed by atoms with Crippen molar-refractivity contribution in [1.82, 2.24) is 24.0 Å². The zero-order valence-corrected chi connectivity index (χ0v) is 18.4. The summed E-state index contributed by atoms with van der Waals surface area (Å²) >= 11 is 1.42. The highest BCUT2D eigenvalue weighted by atomic mass is 32.1. The highest BCUT2D eigenvalue weighted by Crippen LogP contribution is 2.44. The van der Waals surface area contributed by atoms with Gasteiger partial charge in [0.25, 0.3) is 0 Å². The van der Waals surface area contributed by atoms with E-state index in [4.69, 9.17) is 5.32 Å². The maximum atomic E-state index is 14.4. The summed E-state index contributed by atoms with van der Waals surface area (Å²) < 4.78 is 47.4. The number of piperidine rings is 1. The van der Waals surface area contributed by atoms with Crippen molar-refractivity contribution in [2.75, 3.05) is 18.0 Å². The number of halogens is 3. The minimum absolute atomic E-state index is 0.0702. The highest BCUT2D eigenvalue weighted by molar-refractivity contribution is 7.09. The molecule has 1 aromatic carbocycles. The van der Waals surface area contributed by atoms with E-state index in [2.05, 4.69) is 24.3 Å². The summed E-state index contributed by atoms with van der Waals surface area (Å²) in [5.41, 5.74) is 0.599. The smallest absolute Gasteiger partial charge is 0.205 e. The van der Waals surface area contributed by atoms with E-state index in [-0.39, 0.29) is 11.6 Å². The molecule has 2 fully saturated rings. The molecule has 1 aliphatic heterocycles. The fourth-order valence-corrected chi connectivity index (χ4v) is 5.69. The van der Waals surface area contributed by atoms with Crippen LogP contribution in [0, 0.1) is 36.2 Å². The van der Waals surface area contributed by atoms with Crippen molar-refractivity contribution in [3.05, 3.63) is 59.1 Å². The molecule has 4 heterocycles. The van der Waals surface area contributed by atoms with E-state index < -0.39 is 17.5 Å². The van der Waals surface area contributed by atoms with Gasteiger partial charge in [-0.1, -0.05) is 6.07 Å². The van der Waals surface area contributed by atoms with E-state index in [0.29, 0.717) is 29.0 Å². The Hall–Kier alpha value is -3.21. The molecule has 7 nitrogen and oxygen atoms in total. The summed E-state index contributed by atoms with van der Waals surface area (Å²) in [6.45, 7) is 3.61. The molecule has 0 N–H and O–H groups in total. The Bertz CT molecular complexity index is 1340. The molecule has 2 unspecified atom stereocenters. The fourth-order valence-electron chi connectivity index (χ4n) is 5.00. The van der Waals surface area contributed by atoms with Crippen LogP contribution in [0.15, 0.2) is 30.5 Å². The van der Waals surface area contributed by atoms with Crippen molar-refractivity contribution in [2.24, 2.45) is 11.8 Å². The second-order valence-electron chi connectivity index (χ2n) is 8.57. The summed E-state index contributed by atoms with van der Waals surface area (Å²) in [6.07, 6.45) is 3.83. The molecule has 11 heteroatoms. The van der Waals surface area contributed by atoms with Crippen LogP contribution < -0.4 is 4.90 Å². The van der Waals surface area contributed by atoms with E-state index >= 15 is 0 Å². The molecule has 1 saturated carbocycles. The number of nitrogens with zero attached hydrogens (tertiary/aromatic N) is 7. The summed E-state index contributed by atoms with van der Waals surface area (Å²) in [6, 6.07) is 5.48. The number of anilines is 1. The van der Waals surface area contributed by atoms with Gasteiger partial charge in [-0.2, -0.15) is 4.37 Å². The molecule has 170 valence electrons. The number of pyridine rings is 1. The average Bonchev–Trinajstić information content (AvgIpc) is 3.48. The van der Waals surface area contributed by atoms with Gasteiger partial charge in [0, 0.05) is 53.9 Å². The summed E-state index contributed by atoms with van der Waals surface area (Å²) in [5, 5.41) is 10.3. The molecule has 2 bridgehead atoms. The molecule has 4 aromatic rings. The van der Waals surface area contributed by atoms with Gasteiger partial charge in [0.15, 0.2) is 17.5 Å². The molecular formula is C22H19F3N7S-. The first-order chi connectivity index (χ1) is 16.0. The van der Waals surface area contributed by atoms with Gasteiger partial charge in [0.05, 0.1) is 5.65 Å². The lowest BCUT2D eigenvalue weighted by molar-refractivity contribution is 0.389. The van der Waals surface area contributed by atoms with Gasteiger partial charge < -0.3 is 15.2 Å². The molecule has 3 aromatic heterocycles. The van der Waals surface area contributed by atoms with Gasteiger partial charge in [0.2, 0.25) is 5.13 Å². The predicted molar refractivity (Wildman–Crippen MR) is 118 cm³/mol. The molecular weight excluding hydrogens is 451 g/mol. The van der Waals surface area contributed by atoms with Gasteiger partial charge in [-0.05, 0) is 49.8 Å². The van der Waals surface area contributed by atoms with E-state index in [1.165, 1.54) is 22.1 Å². The fraction of sp³-hybridized carbons (Fsp3) is 0.364. The third kappa shape index (κ3) is 3.41. The monoisotopic (exact) mass is 470 g/mol. The largest absolute Gasteiger partial charge is 0.388 e. The first kappa shape index (κ1) is 20.4. The standard InChI is InChI=1S/C22H19F3N7S/c1-11-26-22(33-30-11)31-9-12-4-5-13(10-31)19(12)27-21-28-20-15(3-2-8-32(20)29-21)14-6-7-16(23)18(25)17(14)24/h2-3,6-8,12-13,19H,4-5,9-10H2,1H3/q-1/t12-,13?,19?/m1/s1. The van der Waals surface area contributed by atoms with Crippen LogP contribution in [-0.4, -0.2) is 43.1 Å². The lowest BCUT2D eigenvalue weighted by Crippen LogP contribution is -2.44. The van der Waals surface area contributed by atoms with Crippen LogP contribution >= 0.6 is 11.5 Å². The predicted octanol–water partition coefficient (Wildman–Crippen LogP) is 4.89. The second kappa shape index (κ2) is 7.68. The maximum Gasteiger partial charge on any atom is 0.205 e.